The Morgan fingerprint density at radius 2 is 1.60 bits per heavy atom. The van der Waals surface area contributed by atoms with Gasteiger partial charge in [0.15, 0.2) is 0 Å². The van der Waals surface area contributed by atoms with Crippen molar-refractivity contribution in [2.24, 2.45) is 0 Å². The highest BCUT2D eigenvalue weighted by Crippen LogP contribution is 2.32. The van der Waals surface area contributed by atoms with Crippen LogP contribution in [0.3, 0.4) is 0 Å². The number of amides is 1. The molecule has 0 bridgehead atoms. The van der Waals surface area contributed by atoms with Gasteiger partial charge in [0.1, 0.15) is 17.8 Å². The van der Waals surface area contributed by atoms with Gasteiger partial charge in [-0.25, -0.2) is 0 Å². The van der Waals surface area contributed by atoms with Crippen LogP contribution in [0.2, 0.25) is 0 Å². The van der Waals surface area contributed by atoms with E-state index in [2.05, 4.69) is 5.32 Å². The minimum Gasteiger partial charge on any atom is -0.497 e. The molecule has 0 spiro atoms. The lowest BCUT2D eigenvalue weighted by atomic mass is 10.2. The average Bonchev–Trinajstić information content (AvgIpc) is 2.61. The Hall–Kier alpha value is -1.95. The van der Waals surface area contributed by atoms with E-state index in [1.807, 2.05) is 0 Å². The average molecular weight is 403 g/mol. The lowest BCUT2D eigenvalue weighted by Gasteiger charge is -2.26. The summed E-state index contributed by atoms with van der Waals surface area (Å²) in [6.07, 6.45) is -0.545. The van der Waals surface area contributed by atoms with E-state index >= 15 is 0 Å². The minimum absolute atomic E-state index is 0.331. The second-order valence-corrected chi connectivity index (χ2v) is 7.30. The first-order valence-corrected chi connectivity index (χ1v) is 8.20. The molecule has 0 aliphatic heterocycles. The molecule has 8 heteroatoms. The molecule has 0 aliphatic rings. The number of carbonyl (C=O) groups is 2. The fourth-order valence-electron chi connectivity index (χ4n) is 1.88. The molecule has 132 valence electrons. The van der Waals surface area contributed by atoms with Crippen LogP contribution >= 0.6 is 34.8 Å². The fraction of sp³-hybridized carbons (Fsp3) is 0.176. The van der Waals surface area contributed by atoms with Gasteiger partial charge in [0.25, 0.3) is 5.91 Å². The molecule has 0 saturated carbocycles. The van der Waals surface area contributed by atoms with E-state index in [-0.39, 0.29) is 0 Å². The quantitative estimate of drug-likeness (QED) is 0.450. The van der Waals surface area contributed by atoms with E-state index in [9.17, 15) is 9.59 Å². The normalized spacial score (nSPS) is 12.2. The number of halogens is 3. The highest BCUT2D eigenvalue weighted by atomic mass is 35.6. The lowest BCUT2D eigenvalue weighted by molar-refractivity contribution is 0.0833. The van der Waals surface area contributed by atoms with E-state index < -0.39 is 15.9 Å². The minimum atomic E-state index is -1.91. The molecule has 0 aromatic heterocycles. The topological polar surface area (TPSA) is 64.6 Å². The van der Waals surface area contributed by atoms with E-state index in [0.717, 1.165) is 0 Å². The number of ether oxygens (including phenoxy) is 2. The summed E-state index contributed by atoms with van der Waals surface area (Å²) < 4.78 is 8.67. The number of alkyl halides is 3. The van der Waals surface area contributed by atoms with Gasteiger partial charge < -0.3 is 14.8 Å². The molecule has 0 radical (unpaired) electrons. The summed E-state index contributed by atoms with van der Waals surface area (Å²) >= 11 is 17.7. The van der Waals surface area contributed by atoms with Crippen LogP contribution in [0.1, 0.15) is 20.7 Å². The van der Waals surface area contributed by atoms with Crippen molar-refractivity contribution in [2.75, 3.05) is 7.11 Å². The van der Waals surface area contributed by atoms with E-state index in [0.29, 0.717) is 28.9 Å². The second kappa shape index (κ2) is 8.43. The van der Waals surface area contributed by atoms with Crippen molar-refractivity contribution in [1.82, 2.24) is 5.32 Å². The SMILES string of the molecule is COc1ccc(C(=O)NC(Oc2ccc(C=O)cc2)C(Cl)(Cl)Cl)cc1. The van der Waals surface area contributed by atoms with Crippen molar-refractivity contribution in [3.8, 4) is 11.5 Å². The van der Waals surface area contributed by atoms with E-state index in [1.165, 1.54) is 19.2 Å². The molecule has 0 fully saturated rings. The van der Waals surface area contributed by atoms with Crippen molar-refractivity contribution < 1.29 is 19.1 Å². The third-order valence-corrected chi connectivity index (χ3v) is 3.78. The first kappa shape index (κ1) is 19.4. The summed E-state index contributed by atoms with van der Waals surface area (Å²) in [7, 11) is 1.53. The monoisotopic (exact) mass is 401 g/mol. The Kier molecular flexibility index (Phi) is 6.53. The van der Waals surface area contributed by atoms with Crippen LogP contribution in [-0.4, -0.2) is 29.3 Å². The molecule has 5 nitrogen and oxygen atoms in total. The zero-order valence-electron chi connectivity index (χ0n) is 13.0. The van der Waals surface area contributed by atoms with Crippen LogP contribution in [0.15, 0.2) is 48.5 Å². The van der Waals surface area contributed by atoms with Gasteiger partial charge in [-0.05, 0) is 48.5 Å². The molecule has 0 heterocycles. The number of carbonyl (C=O) groups excluding carboxylic acids is 2. The van der Waals surface area contributed by atoms with Crippen molar-refractivity contribution in [1.29, 1.82) is 0 Å². The number of benzene rings is 2. The lowest BCUT2D eigenvalue weighted by Crippen LogP contribution is -2.47. The van der Waals surface area contributed by atoms with Gasteiger partial charge >= 0.3 is 0 Å². The number of rotatable bonds is 6. The van der Waals surface area contributed by atoms with Crippen LogP contribution in [-0.2, 0) is 0 Å². The van der Waals surface area contributed by atoms with E-state index in [1.54, 1.807) is 36.4 Å². The first-order valence-electron chi connectivity index (χ1n) is 7.07. The van der Waals surface area contributed by atoms with Crippen molar-refractivity contribution in [3.05, 3.63) is 59.7 Å². The molecule has 2 aromatic carbocycles. The van der Waals surface area contributed by atoms with Crippen LogP contribution < -0.4 is 14.8 Å². The molecular formula is C17H14Cl3NO4. The maximum Gasteiger partial charge on any atom is 0.254 e. The number of methoxy groups -OCH3 is 1. The zero-order chi connectivity index (χ0) is 18.4. The van der Waals surface area contributed by atoms with Gasteiger partial charge in [0, 0.05) is 11.1 Å². The van der Waals surface area contributed by atoms with Crippen LogP contribution in [0.25, 0.3) is 0 Å². The molecule has 1 unspecified atom stereocenters. The number of hydrogen-bond donors (Lipinski definition) is 1. The third-order valence-electron chi connectivity index (χ3n) is 3.18. The fourth-order valence-corrected chi connectivity index (χ4v) is 2.18. The Morgan fingerprint density at radius 1 is 1.04 bits per heavy atom. The molecule has 1 atom stereocenters. The van der Waals surface area contributed by atoms with Crippen LogP contribution in [0.5, 0.6) is 11.5 Å². The Bertz CT molecular complexity index is 727. The molecule has 0 aliphatic carbocycles. The summed E-state index contributed by atoms with van der Waals surface area (Å²) in [6, 6.07) is 12.6. The van der Waals surface area contributed by atoms with Crippen molar-refractivity contribution in [2.45, 2.75) is 10.0 Å². The Balaban J connectivity index is 2.13. The number of nitrogens with one attached hydrogen (secondary N) is 1. The van der Waals surface area contributed by atoms with Gasteiger partial charge in [-0.2, -0.15) is 0 Å². The number of hydrogen-bond acceptors (Lipinski definition) is 4. The van der Waals surface area contributed by atoms with Gasteiger partial charge in [-0.15, -0.1) is 0 Å². The van der Waals surface area contributed by atoms with Crippen molar-refractivity contribution >= 4 is 47.0 Å². The molecule has 0 saturated heterocycles. The van der Waals surface area contributed by atoms with Crippen LogP contribution in [0, 0.1) is 0 Å². The molecule has 1 amide bonds. The molecule has 1 N–H and O–H groups in total. The van der Waals surface area contributed by atoms with Gasteiger partial charge in [0.05, 0.1) is 7.11 Å². The maximum absolute atomic E-state index is 12.3. The largest absolute Gasteiger partial charge is 0.497 e. The Labute approximate surface area is 159 Å². The number of aldehydes is 1. The molecular weight excluding hydrogens is 389 g/mol. The van der Waals surface area contributed by atoms with Gasteiger partial charge in [-0.1, -0.05) is 34.8 Å². The highest BCUT2D eigenvalue weighted by Gasteiger charge is 2.36. The smallest absolute Gasteiger partial charge is 0.254 e. The summed E-state index contributed by atoms with van der Waals surface area (Å²) in [5, 5.41) is 2.52. The van der Waals surface area contributed by atoms with E-state index in [4.69, 9.17) is 44.3 Å². The zero-order valence-corrected chi connectivity index (χ0v) is 15.3. The van der Waals surface area contributed by atoms with Crippen molar-refractivity contribution in [3.63, 3.8) is 0 Å². The summed E-state index contributed by atoms with van der Waals surface area (Å²) in [5.41, 5.74) is 0.819. The standard InChI is InChI=1S/C17H14Cl3NO4/c1-24-13-8-4-12(5-9-13)15(23)21-16(17(18,19)20)25-14-6-2-11(10-22)3-7-14/h2-10,16H,1H3,(H,21,23). The molecule has 25 heavy (non-hydrogen) atoms. The summed E-state index contributed by atoms with van der Waals surface area (Å²) in [4.78, 5) is 23.0. The molecule has 2 aromatic rings. The third kappa shape index (κ3) is 5.53. The first-order chi connectivity index (χ1) is 11.8. The molecule has 2 rings (SSSR count). The Morgan fingerprint density at radius 3 is 2.08 bits per heavy atom. The van der Waals surface area contributed by atoms with Crippen LogP contribution in [0.4, 0.5) is 0 Å². The predicted octanol–water partition coefficient (Wildman–Crippen LogP) is 4.01. The predicted molar refractivity (Wildman–Crippen MR) is 97.0 cm³/mol. The second-order valence-electron chi connectivity index (χ2n) is 4.93. The summed E-state index contributed by atoms with van der Waals surface area (Å²) in [6.45, 7) is 0. The highest BCUT2D eigenvalue weighted by molar-refractivity contribution is 6.68. The maximum atomic E-state index is 12.3. The van der Waals surface area contributed by atoms with Gasteiger partial charge in [0.2, 0.25) is 10.0 Å². The summed E-state index contributed by atoms with van der Waals surface area (Å²) in [5.74, 6) is 0.460. The van der Waals surface area contributed by atoms with Gasteiger partial charge in [-0.3, -0.25) is 9.59 Å².